The van der Waals surface area contributed by atoms with Gasteiger partial charge < -0.3 is 20.9 Å². The predicted molar refractivity (Wildman–Crippen MR) is 177 cm³/mol. The summed E-state index contributed by atoms with van der Waals surface area (Å²) in [7, 11) is -1.38. The van der Waals surface area contributed by atoms with E-state index in [4.69, 9.17) is 20.9 Å². The molecule has 2 aromatic carbocycles. The number of nitrogen functional groups attached to an aromatic ring is 2. The van der Waals surface area contributed by atoms with Gasteiger partial charge in [-0.25, -0.2) is 28.7 Å². The average Bonchev–Trinajstić information content (AvgIpc) is 3.02. The summed E-state index contributed by atoms with van der Waals surface area (Å²) in [6.45, 7) is 10.9. The van der Waals surface area contributed by atoms with Crippen molar-refractivity contribution in [3.8, 4) is 11.5 Å². The van der Waals surface area contributed by atoms with E-state index in [1.54, 1.807) is 20.8 Å². The van der Waals surface area contributed by atoms with Crippen molar-refractivity contribution in [1.82, 2.24) is 19.9 Å². The molecule has 4 rings (SSSR count). The number of benzene rings is 2. The third kappa shape index (κ3) is 9.99. The normalized spacial score (nSPS) is 11.5. The molecular formula is C32H36F2N6O5S2. The van der Waals surface area contributed by atoms with E-state index in [-0.39, 0.29) is 57.0 Å². The molecule has 1 atom stereocenters. The first-order valence-corrected chi connectivity index (χ1v) is 16.8. The fraction of sp³-hybridized carbons (Fsp3) is 0.312. The second-order valence-corrected chi connectivity index (χ2v) is 13.1. The third-order valence-corrected chi connectivity index (χ3v) is 7.79. The Labute approximate surface area is 278 Å². The topological polar surface area (TPSA) is 173 Å². The first-order chi connectivity index (χ1) is 22.2. The minimum absolute atomic E-state index is 0.00561. The summed E-state index contributed by atoms with van der Waals surface area (Å²) in [6.07, 6.45) is 2.23. The predicted octanol–water partition coefficient (Wildman–Crippen LogP) is 5.67. The summed E-state index contributed by atoms with van der Waals surface area (Å²) in [5, 5.41) is 0.559. The number of hydrogen-bond acceptors (Lipinski definition) is 12. The van der Waals surface area contributed by atoms with Crippen LogP contribution in [0.4, 0.5) is 20.4 Å². The summed E-state index contributed by atoms with van der Waals surface area (Å²) in [4.78, 5) is 41.4. The second kappa shape index (κ2) is 16.9. The molecule has 0 aliphatic carbocycles. The van der Waals surface area contributed by atoms with Crippen molar-refractivity contribution in [2.75, 3.05) is 23.0 Å². The molecule has 2 heterocycles. The van der Waals surface area contributed by atoms with Crippen LogP contribution in [0, 0.1) is 11.6 Å². The van der Waals surface area contributed by atoms with E-state index >= 15 is 0 Å². The maximum absolute atomic E-state index is 13.6. The molecule has 0 bridgehead atoms. The standard InChI is InChI=1S/C16H18FN3O3S.C16H18FN3O2S/c1-4-24(22)16-19-8-12(15(18)20-16)14(21)11-7-10(17)5-6-13(11)23-9(2)3;1-4-23-16-19-8-12(15(18)20-16)14(21)11-7-10(17)5-6-13(11)22-9(2)3/h5-9H,4H2,1-3H3,(H2,18,19,20);5-9H,4H2,1-3H3,(H2,18,19,20). The smallest absolute Gasteiger partial charge is 0.220 e. The fourth-order valence-corrected chi connectivity index (χ4v) is 5.08. The number of rotatable bonds is 12. The summed E-state index contributed by atoms with van der Waals surface area (Å²) < 4.78 is 49.9. The number of nitrogens with two attached hydrogens (primary N) is 2. The van der Waals surface area contributed by atoms with Crippen LogP contribution in [0.1, 0.15) is 73.4 Å². The van der Waals surface area contributed by atoms with Gasteiger partial charge >= 0.3 is 0 Å². The largest absolute Gasteiger partial charge is 0.490 e. The number of hydrogen-bond donors (Lipinski definition) is 2. The zero-order chi connectivity index (χ0) is 34.8. The zero-order valence-electron chi connectivity index (χ0n) is 26.7. The van der Waals surface area contributed by atoms with Crippen molar-refractivity contribution < 1.29 is 32.1 Å². The Hall–Kier alpha value is -4.50. The van der Waals surface area contributed by atoms with Crippen LogP contribution in [0.5, 0.6) is 11.5 Å². The van der Waals surface area contributed by atoms with Gasteiger partial charge in [-0.2, -0.15) is 0 Å². The van der Waals surface area contributed by atoms with Crippen molar-refractivity contribution in [3.05, 3.63) is 82.7 Å². The number of aromatic nitrogens is 4. The van der Waals surface area contributed by atoms with Crippen molar-refractivity contribution in [2.24, 2.45) is 0 Å². The molecule has 4 N–H and O–H groups in total. The van der Waals surface area contributed by atoms with Crippen LogP contribution >= 0.6 is 11.8 Å². The maximum Gasteiger partial charge on any atom is 0.220 e. The third-order valence-electron chi connectivity index (χ3n) is 5.92. The molecule has 250 valence electrons. The van der Waals surface area contributed by atoms with E-state index in [2.05, 4.69) is 19.9 Å². The molecule has 15 heteroatoms. The van der Waals surface area contributed by atoms with E-state index in [1.807, 2.05) is 20.8 Å². The quantitative estimate of drug-likeness (QED) is 0.106. The summed E-state index contributed by atoms with van der Waals surface area (Å²) in [6, 6.07) is 7.49. The highest BCUT2D eigenvalue weighted by atomic mass is 32.2. The van der Waals surface area contributed by atoms with Crippen LogP contribution in [-0.2, 0) is 10.8 Å². The van der Waals surface area contributed by atoms with Crippen LogP contribution < -0.4 is 20.9 Å². The monoisotopic (exact) mass is 686 g/mol. The van der Waals surface area contributed by atoms with Gasteiger partial charge in [-0.05, 0) is 69.8 Å². The lowest BCUT2D eigenvalue weighted by Gasteiger charge is -2.14. The molecule has 0 aliphatic rings. The second-order valence-electron chi connectivity index (χ2n) is 10.2. The Morgan fingerprint density at radius 2 is 1.26 bits per heavy atom. The van der Waals surface area contributed by atoms with E-state index in [0.29, 0.717) is 16.7 Å². The molecule has 0 fully saturated rings. The number of anilines is 2. The molecule has 0 radical (unpaired) electrons. The average molecular weight is 687 g/mol. The van der Waals surface area contributed by atoms with Crippen molar-refractivity contribution in [3.63, 3.8) is 0 Å². The van der Waals surface area contributed by atoms with Gasteiger partial charge in [0.05, 0.1) is 45.3 Å². The molecule has 47 heavy (non-hydrogen) atoms. The molecular weight excluding hydrogens is 651 g/mol. The number of ether oxygens (including phenoxy) is 2. The Morgan fingerprint density at radius 1 is 0.787 bits per heavy atom. The Morgan fingerprint density at radius 3 is 1.66 bits per heavy atom. The Kier molecular flexibility index (Phi) is 13.3. The van der Waals surface area contributed by atoms with Crippen molar-refractivity contribution in [1.29, 1.82) is 0 Å². The summed E-state index contributed by atoms with van der Waals surface area (Å²) in [5.74, 6) is -0.476. The number of thioether (sulfide) groups is 1. The lowest BCUT2D eigenvalue weighted by atomic mass is 10.0. The van der Waals surface area contributed by atoms with Crippen LogP contribution in [0.25, 0.3) is 0 Å². The van der Waals surface area contributed by atoms with Gasteiger partial charge in [-0.15, -0.1) is 0 Å². The molecule has 0 saturated heterocycles. The summed E-state index contributed by atoms with van der Waals surface area (Å²) in [5.41, 5.74) is 11.9. The number of halogens is 2. The fourth-order valence-electron chi connectivity index (χ4n) is 3.91. The molecule has 0 saturated carbocycles. The van der Waals surface area contributed by atoms with Crippen LogP contribution in [-0.4, -0.2) is 59.4 Å². The van der Waals surface area contributed by atoms with Crippen molar-refractivity contribution >= 4 is 45.8 Å². The highest BCUT2D eigenvalue weighted by Gasteiger charge is 2.22. The van der Waals surface area contributed by atoms with Gasteiger partial charge in [0.15, 0.2) is 5.16 Å². The van der Waals surface area contributed by atoms with Gasteiger partial charge in [0.2, 0.25) is 16.7 Å². The van der Waals surface area contributed by atoms with Gasteiger partial charge in [0.1, 0.15) is 34.8 Å². The number of ketones is 2. The first-order valence-electron chi connectivity index (χ1n) is 14.5. The lowest BCUT2D eigenvalue weighted by molar-refractivity contribution is 0.102. The maximum atomic E-state index is 13.6. The highest BCUT2D eigenvalue weighted by Crippen LogP contribution is 2.27. The minimum Gasteiger partial charge on any atom is -0.490 e. The van der Waals surface area contributed by atoms with E-state index in [1.165, 1.54) is 48.4 Å². The summed E-state index contributed by atoms with van der Waals surface area (Å²) >= 11 is 1.42. The Bertz CT molecular complexity index is 1770. The molecule has 1 unspecified atom stereocenters. The van der Waals surface area contributed by atoms with Crippen LogP contribution in [0.15, 0.2) is 59.1 Å². The van der Waals surface area contributed by atoms with Crippen LogP contribution in [0.2, 0.25) is 0 Å². The van der Waals surface area contributed by atoms with Gasteiger partial charge in [-0.3, -0.25) is 13.8 Å². The molecule has 2 aromatic heterocycles. The lowest BCUT2D eigenvalue weighted by Crippen LogP contribution is -2.14. The van der Waals surface area contributed by atoms with E-state index < -0.39 is 34.0 Å². The first kappa shape index (κ1) is 37.0. The molecule has 4 aromatic rings. The number of carbonyl (C=O) groups is 2. The van der Waals surface area contributed by atoms with Gasteiger partial charge in [-0.1, -0.05) is 25.6 Å². The molecule has 11 nitrogen and oxygen atoms in total. The van der Waals surface area contributed by atoms with Crippen LogP contribution in [0.3, 0.4) is 0 Å². The van der Waals surface area contributed by atoms with Crippen molar-refractivity contribution in [2.45, 2.75) is 64.1 Å². The highest BCUT2D eigenvalue weighted by molar-refractivity contribution is 7.99. The van der Waals surface area contributed by atoms with Gasteiger partial charge in [0.25, 0.3) is 0 Å². The molecule has 0 aliphatic heterocycles. The molecule has 0 amide bonds. The molecule has 0 spiro atoms. The SMILES string of the molecule is CCS(=O)c1ncc(C(=O)c2cc(F)ccc2OC(C)C)c(N)n1.CCSc1ncc(C(=O)c2cc(F)ccc2OC(C)C)c(N)n1. The number of nitrogens with zero attached hydrogens (tertiary/aromatic N) is 4. The number of carbonyl (C=O) groups excluding carboxylic acids is 2. The van der Waals surface area contributed by atoms with E-state index in [9.17, 15) is 22.6 Å². The zero-order valence-corrected chi connectivity index (χ0v) is 28.4. The minimum atomic E-state index is -1.38. The Balaban J connectivity index is 0.000000256. The van der Waals surface area contributed by atoms with E-state index in [0.717, 1.165) is 17.9 Å². The van der Waals surface area contributed by atoms with Gasteiger partial charge in [0, 0.05) is 18.1 Å².